The van der Waals surface area contributed by atoms with Gasteiger partial charge in [0.25, 0.3) is 0 Å². The molecule has 1 fully saturated rings. The van der Waals surface area contributed by atoms with Crippen molar-refractivity contribution in [3.05, 3.63) is 11.6 Å². The lowest BCUT2D eigenvalue weighted by molar-refractivity contribution is -0.132. The van der Waals surface area contributed by atoms with Crippen molar-refractivity contribution in [3.8, 4) is 0 Å². The minimum Gasteiger partial charge on any atom is -0.478 e. The summed E-state index contributed by atoms with van der Waals surface area (Å²) in [5.41, 5.74) is 0.533. The molecule has 0 bridgehead atoms. The van der Waals surface area contributed by atoms with Crippen LogP contribution in [0.5, 0.6) is 0 Å². The normalized spacial score (nSPS) is 28.1. The van der Waals surface area contributed by atoms with Crippen LogP contribution >= 0.6 is 0 Å². The smallest absolute Gasteiger partial charge is 0.331 e. The minimum atomic E-state index is -0.777. The zero-order valence-electron chi connectivity index (χ0n) is 10.6. The number of hydrogen-bond acceptors (Lipinski definition) is 2. The van der Waals surface area contributed by atoms with Crippen LogP contribution < -0.4 is 0 Å². The molecule has 0 aromatic carbocycles. The lowest BCUT2D eigenvalue weighted by Gasteiger charge is -2.34. The zero-order valence-corrected chi connectivity index (χ0v) is 10.6. The van der Waals surface area contributed by atoms with E-state index in [0.29, 0.717) is 12.0 Å². The van der Waals surface area contributed by atoms with Crippen molar-refractivity contribution in [2.24, 2.45) is 11.8 Å². The first kappa shape index (κ1) is 13.2. The Balaban J connectivity index is 2.50. The van der Waals surface area contributed by atoms with Crippen LogP contribution in [0, 0.1) is 11.8 Å². The number of hydrogen-bond donors (Lipinski definition) is 1. The number of carboxylic acids is 1. The molecule has 0 aromatic rings. The van der Waals surface area contributed by atoms with Gasteiger partial charge in [-0.15, -0.1) is 0 Å². The number of carboxylic acid groups (broad SMARTS) is 1. The number of piperidine rings is 1. The van der Waals surface area contributed by atoms with Gasteiger partial charge in [0.2, 0.25) is 0 Å². The third-order valence-electron chi connectivity index (χ3n) is 3.20. The van der Waals surface area contributed by atoms with Crippen LogP contribution in [0.3, 0.4) is 0 Å². The molecule has 92 valence electrons. The molecular formula is C13H23NO2. The maximum Gasteiger partial charge on any atom is 0.331 e. The molecule has 1 aliphatic rings. The summed E-state index contributed by atoms with van der Waals surface area (Å²) >= 11 is 0. The van der Waals surface area contributed by atoms with Gasteiger partial charge in [-0.25, -0.2) is 4.79 Å². The summed E-state index contributed by atoms with van der Waals surface area (Å²) in [6.07, 6.45) is 3.77. The average molecular weight is 225 g/mol. The molecule has 1 heterocycles. The molecule has 0 radical (unpaired) electrons. The van der Waals surface area contributed by atoms with Gasteiger partial charge in [0.15, 0.2) is 0 Å². The Morgan fingerprint density at radius 3 is 2.38 bits per heavy atom. The van der Waals surface area contributed by atoms with Crippen LogP contribution in [-0.2, 0) is 4.79 Å². The van der Waals surface area contributed by atoms with Gasteiger partial charge in [0, 0.05) is 25.2 Å². The Bertz CT molecular complexity index is 263. The second-order valence-electron chi connectivity index (χ2n) is 5.05. The molecule has 0 aromatic heterocycles. The van der Waals surface area contributed by atoms with Crippen LogP contribution in [0.4, 0.5) is 0 Å². The standard InChI is InChI=1S/C13H23NO2/c1-4-12(13(15)16)5-6-14-8-10(2)7-11(3)9-14/h5,10-11H,4,6-9H2,1-3H3,(H,15,16). The van der Waals surface area contributed by atoms with E-state index in [1.807, 2.05) is 13.0 Å². The maximum absolute atomic E-state index is 10.8. The monoisotopic (exact) mass is 225 g/mol. The predicted octanol–water partition coefficient (Wildman–Crippen LogP) is 2.39. The van der Waals surface area contributed by atoms with E-state index in [-0.39, 0.29) is 0 Å². The van der Waals surface area contributed by atoms with Crippen molar-refractivity contribution in [1.82, 2.24) is 4.90 Å². The molecule has 1 rings (SSSR count). The van der Waals surface area contributed by atoms with Crippen LogP contribution in [0.15, 0.2) is 11.6 Å². The van der Waals surface area contributed by atoms with Gasteiger partial charge in [0.1, 0.15) is 0 Å². The Labute approximate surface area is 98.1 Å². The Morgan fingerprint density at radius 2 is 1.94 bits per heavy atom. The van der Waals surface area contributed by atoms with E-state index in [1.54, 1.807) is 0 Å². The molecule has 1 aliphatic heterocycles. The number of carbonyl (C=O) groups is 1. The van der Waals surface area contributed by atoms with Gasteiger partial charge < -0.3 is 5.11 Å². The number of aliphatic carboxylic acids is 1. The van der Waals surface area contributed by atoms with E-state index in [1.165, 1.54) is 6.42 Å². The summed E-state index contributed by atoms with van der Waals surface area (Å²) in [6.45, 7) is 9.40. The molecule has 0 aliphatic carbocycles. The number of rotatable bonds is 4. The second kappa shape index (κ2) is 6.04. The molecule has 2 unspecified atom stereocenters. The predicted molar refractivity (Wildman–Crippen MR) is 65.4 cm³/mol. The fourth-order valence-electron chi connectivity index (χ4n) is 2.56. The van der Waals surface area contributed by atoms with E-state index in [9.17, 15) is 4.79 Å². The van der Waals surface area contributed by atoms with Gasteiger partial charge in [-0.3, -0.25) is 4.90 Å². The highest BCUT2D eigenvalue weighted by molar-refractivity contribution is 5.86. The third kappa shape index (κ3) is 3.97. The van der Waals surface area contributed by atoms with Crippen molar-refractivity contribution < 1.29 is 9.90 Å². The zero-order chi connectivity index (χ0) is 12.1. The van der Waals surface area contributed by atoms with Crippen LogP contribution in [-0.4, -0.2) is 35.6 Å². The van der Waals surface area contributed by atoms with E-state index >= 15 is 0 Å². The molecule has 1 saturated heterocycles. The van der Waals surface area contributed by atoms with Gasteiger partial charge in [0.05, 0.1) is 0 Å². The molecule has 0 amide bonds. The van der Waals surface area contributed by atoms with Crippen molar-refractivity contribution in [2.45, 2.75) is 33.6 Å². The first-order valence-electron chi connectivity index (χ1n) is 6.17. The quantitative estimate of drug-likeness (QED) is 0.747. The average Bonchev–Trinajstić information content (AvgIpc) is 2.16. The van der Waals surface area contributed by atoms with Gasteiger partial charge >= 0.3 is 5.97 Å². The number of likely N-dealkylation sites (tertiary alicyclic amines) is 1. The Morgan fingerprint density at radius 1 is 1.38 bits per heavy atom. The lowest BCUT2D eigenvalue weighted by atomic mass is 9.92. The van der Waals surface area contributed by atoms with Crippen LogP contribution in [0.25, 0.3) is 0 Å². The summed E-state index contributed by atoms with van der Waals surface area (Å²) in [6, 6.07) is 0. The largest absolute Gasteiger partial charge is 0.478 e. The first-order chi connectivity index (χ1) is 7.52. The van der Waals surface area contributed by atoms with Crippen molar-refractivity contribution >= 4 is 5.97 Å². The van der Waals surface area contributed by atoms with E-state index in [4.69, 9.17) is 5.11 Å². The second-order valence-corrected chi connectivity index (χ2v) is 5.05. The van der Waals surface area contributed by atoms with Gasteiger partial charge in [-0.2, -0.15) is 0 Å². The third-order valence-corrected chi connectivity index (χ3v) is 3.20. The van der Waals surface area contributed by atoms with Gasteiger partial charge in [-0.05, 0) is 24.7 Å². The maximum atomic E-state index is 10.8. The van der Waals surface area contributed by atoms with Crippen molar-refractivity contribution in [3.63, 3.8) is 0 Å². The SMILES string of the molecule is CCC(=CCN1CC(C)CC(C)C1)C(=O)O. The number of nitrogens with zero attached hydrogens (tertiary/aromatic N) is 1. The highest BCUT2D eigenvalue weighted by Gasteiger charge is 2.20. The molecule has 0 spiro atoms. The van der Waals surface area contributed by atoms with E-state index in [0.717, 1.165) is 31.5 Å². The Hall–Kier alpha value is -0.830. The topological polar surface area (TPSA) is 40.5 Å². The molecule has 0 saturated carbocycles. The summed E-state index contributed by atoms with van der Waals surface area (Å²) < 4.78 is 0. The molecule has 1 N–H and O–H groups in total. The fraction of sp³-hybridized carbons (Fsp3) is 0.769. The molecular weight excluding hydrogens is 202 g/mol. The highest BCUT2D eigenvalue weighted by atomic mass is 16.4. The van der Waals surface area contributed by atoms with Crippen LogP contribution in [0.1, 0.15) is 33.6 Å². The van der Waals surface area contributed by atoms with Crippen molar-refractivity contribution in [1.29, 1.82) is 0 Å². The first-order valence-corrected chi connectivity index (χ1v) is 6.17. The summed E-state index contributed by atoms with van der Waals surface area (Å²) in [4.78, 5) is 13.2. The van der Waals surface area contributed by atoms with Crippen LogP contribution in [0.2, 0.25) is 0 Å². The molecule has 3 nitrogen and oxygen atoms in total. The molecule has 16 heavy (non-hydrogen) atoms. The lowest BCUT2D eigenvalue weighted by Crippen LogP contribution is -2.38. The highest BCUT2D eigenvalue weighted by Crippen LogP contribution is 2.20. The fourth-order valence-corrected chi connectivity index (χ4v) is 2.56. The molecule has 2 atom stereocenters. The van der Waals surface area contributed by atoms with E-state index in [2.05, 4.69) is 18.7 Å². The Kier molecular flexibility index (Phi) is 5.00. The van der Waals surface area contributed by atoms with Crippen molar-refractivity contribution in [2.75, 3.05) is 19.6 Å². The summed E-state index contributed by atoms with van der Waals surface area (Å²) in [5, 5.41) is 8.92. The van der Waals surface area contributed by atoms with Gasteiger partial charge in [-0.1, -0.05) is 26.8 Å². The molecule has 3 heteroatoms. The minimum absolute atomic E-state index is 0.533. The van der Waals surface area contributed by atoms with E-state index < -0.39 is 5.97 Å². The summed E-state index contributed by atoms with van der Waals surface area (Å²) in [5.74, 6) is 0.680. The summed E-state index contributed by atoms with van der Waals surface area (Å²) in [7, 11) is 0.